The second-order valence-electron chi connectivity index (χ2n) is 1.64. The Kier molecular flexibility index (Phi) is 1.86. The van der Waals surface area contributed by atoms with Crippen LogP contribution in [-0.4, -0.2) is 17.9 Å². The van der Waals surface area contributed by atoms with E-state index in [0.717, 1.165) is 5.00 Å². The fourth-order valence-electron chi connectivity index (χ4n) is 0.504. The third-order valence-electron chi connectivity index (χ3n) is 0.963. The van der Waals surface area contributed by atoms with Crippen LogP contribution in [0.25, 0.3) is 0 Å². The minimum absolute atomic E-state index is 0.337. The molecule has 0 aromatic carbocycles. The zero-order valence-electron chi connectivity index (χ0n) is 5.42. The lowest BCUT2D eigenvalue weighted by Crippen LogP contribution is -2.09. The van der Waals surface area contributed by atoms with E-state index in [9.17, 15) is 4.79 Å². The number of hydrogen-bond acceptors (Lipinski definition) is 4. The highest BCUT2D eigenvalue weighted by Crippen LogP contribution is 2.16. The zero-order chi connectivity index (χ0) is 7.56. The number of carbonyl (C=O) groups excluding carboxylic acids is 1. The number of nitrogens with zero attached hydrogens (tertiary/aromatic N) is 1. The lowest BCUT2D eigenvalue weighted by Gasteiger charge is -1.86. The molecule has 0 saturated heterocycles. The number of primary amides is 1. The number of carbonyl (C=O) groups is 1. The number of thiazole rings is 1. The second-order valence-corrected chi connectivity index (χ2v) is 2.67. The highest BCUT2D eigenvalue weighted by molar-refractivity contribution is 7.17. The van der Waals surface area contributed by atoms with Gasteiger partial charge in [-0.15, -0.1) is 0 Å². The van der Waals surface area contributed by atoms with Crippen molar-refractivity contribution in [1.82, 2.24) is 4.98 Å². The van der Waals surface area contributed by atoms with Gasteiger partial charge in [-0.3, -0.25) is 4.79 Å². The summed E-state index contributed by atoms with van der Waals surface area (Å²) in [5.74, 6) is -0.480. The SMILES string of the molecule is CNc1cnc(C(N)=O)s1. The van der Waals surface area contributed by atoms with Crippen molar-refractivity contribution >= 4 is 22.2 Å². The molecule has 54 valence electrons. The van der Waals surface area contributed by atoms with Gasteiger partial charge in [0.1, 0.15) is 5.00 Å². The van der Waals surface area contributed by atoms with Gasteiger partial charge in [-0.2, -0.15) is 0 Å². The van der Waals surface area contributed by atoms with Crippen molar-refractivity contribution < 1.29 is 4.79 Å². The van der Waals surface area contributed by atoms with Gasteiger partial charge in [-0.25, -0.2) is 4.98 Å². The Morgan fingerprint density at radius 3 is 2.90 bits per heavy atom. The van der Waals surface area contributed by atoms with E-state index < -0.39 is 5.91 Å². The molecule has 0 fully saturated rings. The van der Waals surface area contributed by atoms with Gasteiger partial charge < -0.3 is 11.1 Å². The van der Waals surface area contributed by atoms with Crippen molar-refractivity contribution in [3.05, 3.63) is 11.2 Å². The Bertz CT molecular complexity index is 245. The van der Waals surface area contributed by atoms with Crippen LogP contribution in [0.4, 0.5) is 5.00 Å². The summed E-state index contributed by atoms with van der Waals surface area (Å²) in [7, 11) is 1.76. The number of rotatable bonds is 2. The number of aromatic nitrogens is 1. The van der Waals surface area contributed by atoms with Gasteiger partial charge in [0, 0.05) is 7.05 Å². The summed E-state index contributed by atoms with van der Waals surface area (Å²) in [5.41, 5.74) is 4.96. The zero-order valence-corrected chi connectivity index (χ0v) is 6.23. The molecule has 0 atom stereocenters. The first-order valence-electron chi connectivity index (χ1n) is 2.67. The first-order valence-corrected chi connectivity index (χ1v) is 3.49. The number of nitrogens with one attached hydrogen (secondary N) is 1. The third kappa shape index (κ3) is 1.24. The van der Waals surface area contributed by atoms with Gasteiger partial charge in [0.25, 0.3) is 5.91 Å². The van der Waals surface area contributed by atoms with E-state index in [-0.39, 0.29) is 0 Å². The molecule has 1 aromatic heterocycles. The maximum Gasteiger partial charge on any atom is 0.277 e. The van der Waals surface area contributed by atoms with Gasteiger partial charge in [0.2, 0.25) is 0 Å². The van der Waals surface area contributed by atoms with Gasteiger partial charge in [0.05, 0.1) is 6.20 Å². The summed E-state index contributed by atoms with van der Waals surface area (Å²) in [6, 6.07) is 0. The Morgan fingerprint density at radius 1 is 1.90 bits per heavy atom. The maximum atomic E-state index is 10.5. The van der Waals surface area contributed by atoms with E-state index in [4.69, 9.17) is 5.73 Å². The van der Waals surface area contributed by atoms with Crippen molar-refractivity contribution in [3.63, 3.8) is 0 Å². The summed E-state index contributed by atoms with van der Waals surface area (Å²) in [6.45, 7) is 0. The fraction of sp³-hybridized carbons (Fsp3) is 0.200. The molecule has 1 rings (SSSR count). The molecule has 1 heterocycles. The lowest BCUT2D eigenvalue weighted by atomic mass is 10.7. The van der Waals surface area contributed by atoms with E-state index in [2.05, 4.69) is 10.3 Å². The molecule has 0 unspecified atom stereocenters. The number of anilines is 1. The predicted molar refractivity (Wildman–Crippen MR) is 40.2 cm³/mol. The van der Waals surface area contributed by atoms with E-state index in [1.807, 2.05) is 0 Å². The molecule has 10 heavy (non-hydrogen) atoms. The van der Waals surface area contributed by atoms with Crippen LogP contribution in [0.5, 0.6) is 0 Å². The molecule has 0 aliphatic heterocycles. The monoisotopic (exact) mass is 157 g/mol. The molecule has 0 aliphatic carbocycles. The molecular weight excluding hydrogens is 150 g/mol. The molecule has 1 aromatic rings. The van der Waals surface area contributed by atoms with Crippen molar-refractivity contribution in [2.24, 2.45) is 5.73 Å². The summed E-state index contributed by atoms with van der Waals surface area (Å²) in [4.78, 5) is 14.2. The molecular formula is C5H7N3OS. The number of amides is 1. The van der Waals surface area contributed by atoms with Crippen LogP contribution in [0, 0.1) is 0 Å². The second kappa shape index (κ2) is 2.66. The Labute approximate surface area is 62.1 Å². The Hall–Kier alpha value is -1.10. The van der Waals surface area contributed by atoms with E-state index in [1.54, 1.807) is 13.2 Å². The number of nitrogens with two attached hydrogens (primary N) is 1. The highest BCUT2D eigenvalue weighted by atomic mass is 32.1. The molecule has 0 aliphatic rings. The molecule has 0 spiro atoms. The van der Waals surface area contributed by atoms with Gasteiger partial charge in [-0.05, 0) is 0 Å². The largest absolute Gasteiger partial charge is 0.379 e. The minimum atomic E-state index is -0.480. The molecule has 0 saturated carbocycles. The highest BCUT2D eigenvalue weighted by Gasteiger charge is 2.04. The van der Waals surface area contributed by atoms with Crippen LogP contribution < -0.4 is 11.1 Å². The molecule has 4 nitrogen and oxygen atoms in total. The van der Waals surface area contributed by atoms with Crippen LogP contribution in [0.3, 0.4) is 0 Å². The van der Waals surface area contributed by atoms with Crippen molar-refractivity contribution in [1.29, 1.82) is 0 Å². The average Bonchev–Trinajstić information content (AvgIpc) is 2.34. The lowest BCUT2D eigenvalue weighted by molar-refractivity contribution is 0.1000. The average molecular weight is 157 g/mol. The molecule has 0 radical (unpaired) electrons. The summed E-state index contributed by atoms with van der Waals surface area (Å²) in [5, 5.41) is 4.03. The Balaban J connectivity index is 2.88. The van der Waals surface area contributed by atoms with Crippen molar-refractivity contribution in [2.45, 2.75) is 0 Å². The smallest absolute Gasteiger partial charge is 0.277 e. The summed E-state index contributed by atoms with van der Waals surface area (Å²) < 4.78 is 0. The van der Waals surface area contributed by atoms with Crippen LogP contribution >= 0.6 is 11.3 Å². The molecule has 0 bridgehead atoms. The first kappa shape index (κ1) is 7.01. The third-order valence-corrected chi connectivity index (χ3v) is 1.99. The molecule has 1 amide bonds. The van der Waals surface area contributed by atoms with Crippen LogP contribution in [0.2, 0.25) is 0 Å². The van der Waals surface area contributed by atoms with Crippen LogP contribution in [-0.2, 0) is 0 Å². The molecule has 5 heteroatoms. The van der Waals surface area contributed by atoms with Gasteiger partial charge in [0.15, 0.2) is 5.01 Å². The normalized spacial score (nSPS) is 9.30. The predicted octanol–water partition coefficient (Wildman–Crippen LogP) is 0.284. The first-order chi connectivity index (χ1) is 4.74. The van der Waals surface area contributed by atoms with E-state index in [0.29, 0.717) is 5.01 Å². The van der Waals surface area contributed by atoms with E-state index in [1.165, 1.54) is 11.3 Å². The maximum absolute atomic E-state index is 10.5. The molecule has 3 N–H and O–H groups in total. The topological polar surface area (TPSA) is 68.0 Å². The van der Waals surface area contributed by atoms with Crippen LogP contribution in [0.15, 0.2) is 6.20 Å². The summed E-state index contributed by atoms with van der Waals surface area (Å²) >= 11 is 1.24. The Morgan fingerprint density at radius 2 is 2.60 bits per heavy atom. The standard InChI is InChI=1S/C5H7N3OS/c1-7-3-2-8-5(10-3)4(6)9/h2,7H,1H3,(H2,6,9). The summed E-state index contributed by atoms with van der Waals surface area (Å²) in [6.07, 6.45) is 1.57. The van der Waals surface area contributed by atoms with E-state index >= 15 is 0 Å². The van der Waals surface area contributed by atoms with Crippen molar-refractivity contribution in [2.75, 3.05) is 12.4 Å². The van der Waals surface area contributed by atoms with Crippen LogP contribution in [0.1, 0.15) is 9.80 Å². The number of hydrogen-bond donors (Lipinski definition) is 2. The van der Waals surface area contributed by atoms with Gasteiger partial charge >= 0.3 is 0 Å². The van der Waals surface area contributed by atoms with Crippen molar-refractivity contribution in [3.8, 4) is 0 Å². The fourth-order valence-corrected chi connectivity index (χ4v) is 1.13. The quantitative estimate of drug-likeness (QED) is 0.648. The van der Waals surface area contributed by atoms with Gasteiger partial charge in [-0.1, -0.05) is 11.3 Å². The minimum Gasteiger partial charge on any atom is -0.379 e.